The van der Waals surface area contributed by atoms with Crippen LogP contribution < -0.4 is 4.90 Å². The fourth-order valence-corrected chi connectivity index (χ4v) is 6.02. The summed E-state index contributed by atoms with van der Waals surface area (Å²) in [5.41, 5.74) is -3.68. The molecule has 1 atom stereocenters. The number of aryl methyl sites for hydroxylation is 1. The normalized spacial score (nSPS) is 16.3. The first kappa shape index (κ1) is 35.5. The van der Waals surface area contributed by atoms with Crippen molar-refractivity contribution in [3.05, 3.63) is 69.8 Å². The van der Waals surface area contributed by atoms with Crippen LogP contribution in [0.2, 0.25) is 0 Å². The van der Waals surface area contributed by atoms with E-state index in [4.69, 9.17) is 0 Å². The highest BCUT2D eigenvalue weighted by Gasteiger charge is 2.38. The summed E-state index contributed by atoms with van der Waals surface area (Å²) >= 11 is 0. The summed E-state index contributed by atoms with van der Waals surface area (Å²) in [5.74, 6) is 0.0435. The zero-order chi connectivity index (χ0) is 34.0. The van der Waals surface area contributed by atoms with Gasteiger partial charge in [-0.2, -0.15) is 44.3 Å². The topological polar surface area (TPSA) is 70.3 Å². The largest absolute Gasteiger partial charge is 0.416 e. The third kappa shape index (κ3) is 8.69. The molecule has 1 fully saturated rings. The number of piperidine rings is 1. The van der Waals surface area contributed by atoms with E-state index in [1.165, 1.54) is 18.0 Å². The fourth-order valence-electron chi connectivity index (χ4n) is 6.02. The quantitative estimate of drug-likeness (QED) is 0.230. The number of aromatic nitrogens is 4. The first-order chi connectivity index (χ1) is 21.4. The number of nitrogens with zero attached hydrogens (tertiary/aromatic N) is 6. The van der Waals surface area contributed by atoms with Crippen molar-refractivity contribution in [2.45, 2.75) is 70.8 Å². The van der Waals surface area contributed by atoms with Gasteiger partial charge in [-0.1, -0.05) is 25.0 Å². The van der Waals surface area contributed by atoms with E-state index in [0.29, 0.717) is 43.1 Å². The van der Waals surface area contributed by atoms with Crippen LogP contribution in [0.5, 0.6) is 0 Å². The predicted molar refractivity (Wildman–Crippen MR) is 150 cm³/mol. The van der Waals surface area contributed by atoms with Crippen molar-refractivity contribution >= 4 is 5.95 Å². The van der Waals surface area contributed by atoms with E-state index >= 15 is 0 Å². The second-order valence-corrected chi connectivity index (χ2v) is 11.9. The van der Waals surface area contributed by atoms with E-state index in [-0.39, 0.29) is 42.7 Å². The molecule has 46 heavy (non-hydrogen) atoms. The molecule has 3 aromatic rings. The highest BCUT2D eigenvalue weighted by atomic mass is 19.4. The third-order valence-corrected chi connectivity index (χ3v) is 8.16. The van der Waals surface area contributed by atoms with E-state index in [0.717, 1.165) is 29.8 Å². The van der Waals surface area contributed by atoms with Crippen molar-refractivity contribution in [1.82, 2.24) is 25.1 Å². The molecule has 0 aliphatic carbocycles. The molecule has 4 rings (SSSR count). The molecule has 1 N–H and O–H groups in total. The van der Waals surface area contributed by atoms with Gasteiger partial charge in [0.2, 0.25) is 0 Å². The number of aliphatic hydroxyl groups is 1. The Morgan fingerprint density at radius 3 is 1.91 bits per heavy atom. The molecule has 0 spiro atoms. The molecule has 0 radical (unpaired) electrons. The van der Waals surface area contributed by atoms with Crippen LogP contribution in [0.1, 0.15) is 72.5 Å². The van der Waals surface area contributed by atoms with Crippen molar-refractivity contribution in [2.75, 3.05) is 24.6 Å². The van der Waals surface area contributed by atoms with Gasteiger partial charge in [0, 0.05) is 25.7 Å². The Labute approximate surface area is 260 Å². The van der Waals surface area contributed by atoms with Gasteiger partial charge < -0.3 is 10.0 Å². The molecule has 7 nitrogen and oxygen atoms in total. The van der Waals surface area contributed by atoms with Gasteiger partial charge in [0.25, 0.3) is 5.95 Å². The van der Waals surface area contributed by atoms with E-state index < -0.39 is 47.3 Å². The number of hydrogen-bond acceptors (Lipinski definition) is 6. The minimum Gasteiger partial charge on any atom is -0.396 e. The average molecular weight is 667 g/mol. The summed E-state index contributed by atoms with van der Waals surface area (Å²) in [6.45, 7) is 4.22. The highest BCUT2D eigenvalue weighted by Crippen LogP contribution is 2.40. The molecule has 0 saturated carbocycles. The van der Waals surface area contributed by atoms with Gasteiger partial charge in [-0.05, 0) is 96.4 Å². The van der Waals surface area contributed by atoms with Crippen LogP contribution in [0.4, 0.5) is 45.5 Å². The molecule has 2 aromatic carbocycles. The minimum atomic E-state index is -5.09. The second-order valence-electron chi connectivity index (χ2n) is 11.9. The molecule has 0 unspecified atom stereocenters. The van der Waals surface area contributed by atoms with Gasteiger partial charge in [-0.15, -0.1) is 5.10 Å². The summed E-state index contributed by atoms with van der Waals surface area (Å²) in [6.07, 6.45) is -12.7. The number of aliphatic hydroxyl groups excluding tert-OH is 1. The Morgan fingerprint density at radius 2 is 1.43 bits per heavy atom. The van der Waals surface area contributed by atoms with E-state index in [1.807, 2.05) is 13.8 Å². The number of tetrazole rings is 1. The summed E-state index contributed by atoms with van der Waals surface area (Å²) < 4.78 is 124. The lowest BCUT2D eigenvalue weighted by atomic mass is 9.86. The third-order valence-electron chi connectivity index (χ3n) is 8.16. The number of benzene rings is 2. The lowest BCUT2D eigenvalue weighted by molar-refractivity contribution is -0.143. The van der Waals surface area contributed by atoms with E-state index in [2.05, 4.69) is 20.3 Å². The van der Waals surface area contributed by atoms with Crippen LogP contribution in [0, 0.1) is 11.8 Å². The summed E-state index contributed by atoms with van der Waals surface area (Å²) in [6, 6.07) is 4.11. The number of halogens is 9. The molecule has 0 bridgehead atoms. The number of alkyl halides is 9. The molecule has 254 valence electrons. The average Bonchev–Trinajstić information content (AvgIpc) is 3.39. The van der Waals surface area contributed by atoms with Crippen LogP contribution in [0.15, 0.2) is 36.4 Å². The van der Waals surface area contributed by atoms with Crippen LogP contribution >= 0.6 is 0 Å². The van der Waals surface area contributed by atoms with Gasteiger partial charge in [-0.3, -0.25) is 4.90 Å². The maximum Gasteiger partial charge on any atom is 0.416 e. The monoisotopic (exact) mass is 666 g/mol. The van der Waals surface area contributed by atoms with Crippen molar-refractivity contribution in [1.29, 1.82) is 0 Å². The first-order valence-corrected chi connectivity index (χ1v) is 14.7. The Kier molecular flexibility index (Phi) is 10.6. The van der Waals surface area contributed by atoms with Gasteiger partial charge >= 0.3 is 18.5 Å². The standard InChI is InChI=1S/C30H35F9N6O/c1-18(2)26(44-9-6-19(7-10-44)8-11-46)25-5-4-22(28(31,32)33)14-21(25)17-45(27-40-42-43(3)41-27)16-20-12-23(29(34,35)36)15-24(13-20)30(37,38)39/h4-5,12-15,18-19,26,46H,6-11,16-17H2,1-3H3/t26-/m0/s1. The van der Waals surface area contributed by atoms with Gasteiger partial charge in [0.05, 0.1) is 23.7 Å². The van der Waals surface area contributed by atoms with Gasteiger partial charge in [0.15, 0.2) is 0 Å². The highest BCUT2D eigenvalue weighted by molar-refractivity contribution is 5.42. The summed E-state index contributed by atoms with van der Waals surface area (Å²) in [4.78, 5) is 4.40. The molecule has 1 aromatic heterocycles. The second kappa shape index (κ2) is 13.8. The molecule has 1 aliphatic heterocycles. The molecule has 1 aliphatic rings. The molecule has 1 saturated heterocycles. The fraction of sp³-hybridized carbons (Fsp3) is 0.567. The van der Waals surface area contributed by atoms with Crippen LogP contribution in [-0.2, 0) is 38.7 Å². The lowest BCUT2D eigenvalue weighted by Gasteiger charge is -2.41. The Bertz CT molecular complexity index is 1430. The molecule has 2 heterocycles. The number of rotatable bonds is 10. The van der Waals surface area contributed by atoms with Crippen molar-refractivity contribution < 1.29 is 44.6 Å². The Hall–Kier alpha value is -3.40. The van der Waals surface area contributed by atoms with Crippen LogP contribution in [0.3, 0.4) is 0 Å². The van der Waals surface area contributed by atoms with Gasteiger partial charge in [-0.25, -0.2) is 0 Å². The first-order valence-electron chi connectivity index (χ1n) is 14.7. The van der Waals surface area contributed by atoms with Crippen molar-refractivity contribution in [3.63, 3.8) is 0 Å². The van der Waals surface area contributed by atoms with Crippen molar-refractivity contribution in [3.8, 4) is 0 Å². The SMILES string of the molecule is CC(C)[C@@H](c1ccc(C(F)(F)F)cc1CN(Cc1cc(C(F)(F)F)cc(C(F)(F)F)c1)c1nnn(C)n1)N1CCC(CCO)CC1. The molecule has 0 amide bonds. The zero-order valence-electron chi connectivity index (χ0n) is 25.4. The molecular formula is C30H35F9N6O. The number of anilines is 1. The summed E-state index contributed by atoms with van der Waals surface area (Å²) in [5, 5.41) is 21.0. The van der Waals surface area contributed by atoms with E-state index in [1.54, 1.807) is 0 Å². The van der Waals surface area contributed by atoms with E-state index in [9.17, 15) is 44.6 Å². The summed E-state index contributed by atoms with van der Waals surface area (Å²) in [7, 11) is 1.39. The zero-order valence-corrected chi connectivity index (χ0v) is 25.4. The molecular weight excluding hydrogens is 631 g/mol. The molecule has 16 heteroatoms. The maximum atomic E-state index is 14.0. The Morgan fingerprint density at radius 1 is 0.848 bits per heavy atom. The van der Waals surface area contributed by atoms with Crippen LogP contribution in [0.25, 0.3) is 0 Å². The minimum absolute atomic E-state index is 0.0102. The van der Waals surface area contributed by atoms with Gasteiger partial charge in [0.1, 0.15) is 0 Å². The maximum absolute atomic E-state index is 14.0. The van der Waals surface area contributed by atoms with Crippen LogP contribution in [-0.4, -0.2) is 49.9 Å². The number of likely N-dealkylation sites (tertiary alicyclic amines) is 1. The smallest absolute Gasteiger partial charge is 0.396 e. The predicted octanol–water partition coefficient (Wildman–Crippen LogP) is 7.26. The number of hydrogen-bond donors (Lipinski definition) is 1. The Balaban J connectivity index is 1.80. The van der Waals surface area contributed by atoms with Crippen molar-refractivity contribution in [2.24, 2.45) is 18.9 Å². The lowest BCUT2D eigenvalue weighted by Crippen LogP contribution is -2.39.